The maximum absolute atomic E-state index is 12.1. The lowest BCUT2D eigenvalue weighted by Crippen LogP contribution is -2.25. The van der Waals surface area contributed by atoms with E-state index < -0.39 is 5.76 Å². The molecule has 4 aromatic rings. The van der Waals surface area contributed by atoms with Crippen molar-refractivity contribution in [1.82, 2.24) is 19.3 Å². The van der Waals surface area contributed by atoms with Crippen LogP contribution in [0, 0.1) is 0 Å². The van der Waals surface area contributed by atoms with Crippen molar-refractivity contribution in [3.05, 3.63) is 69.5 Å². The third-order valence-corrected chi connectivity index (χ3v) is 4.54. The number of oxazole rings is 1. The molecule has 0 radical (unpaired) electrons. The highest BCUT2D eigenvalue weighted by Crippen LogP contribution is 2.13. The van der Waals surface area contributed by atoms with Crippen LogP contribution in [0.1, 0.15) is 12.1 Å². The summed E-state index contributed by atoms with van der Waals surface area (Å²) in [5, 5.41) is 2.83. The van der Waals surface area contributed by atoms with Crippen LogP contribution in [-0.4, -0.2) is 19.9 Å². The largest absolute Gasteiger partial charge is 0.419 e. The molecule has 0 saturated heterocycles. The summed E-state index contributed by atoms with van der Waals surface area (Å²) in [4.78, 5) is 28.5. The number of hydrogen-bond acceptors (Lipinski definition) is 4. The number of hydrogen-bond donors (Lipinski definition) is 1. The van der Waals surface area contributed by atoms with Crippen LogP contribution in [0.15, 0.2) is 62.5 Å². The van der Waals surface area contributed by atoms with E-state index in [0.29, 0.717) is 17.6 Å². The van der Waals surface area contributed by atoms with Crippen LogP contribution in [0.3, 0.4) is 0 Å². The highest BCUT2D eigenvalue weighted by atomic mass is 79.9. The van der Waals surface area contributed by atoms with E-state index in [9.17, 15) is 9.59 Å². The summed E-state index contributed by atoms with van der Waals surface area (Å²) in [7, 11) is 0. The number of rotatable bonds is 5. The fraction of sp³-hybridized carbons (Fsp3) is 0.167. The lowest BCUT2D eigenvalue weighted by molar-refractivity contribution is -0.121. The van der Waals surface area contributed by atoms with Gasteiger partial charge in [0.2, 0.25) is 5.91 Å². The van der Waals surface area contributed by atoms with Crippen molar-refractivity contribution in [2.75, 3.05) is 0 Å². The second-order valence-corrected chi connectivity index (χ2v) is 6.77. The van der Waals surface area contributed by atoms with Crippen LogP contribution in [0.5, 0.6) is 0 Å². The summed E-state index contributed by atoms with van der Waals surface area (Å²) < 4.78 is 9.48. The van der Waals surface area contributed by atoms with E-state index in [-0.39, 0.29) is 18.9 Å². The number of pyridine rings is 1. The molecular weight excluding hydrogens is 400 g/mol. The number of imidazole rings is 1. The summed E-state index contributed by atoms with van der Waals surface area (Å²) in [6, 6.07) is 11.0. The first kappa shape index (κ1) is 16.6. The fourth-order valence-electron chi connectivity index (χ4n) is 2.82. The third-order valence-electron chi connectivity index (χ3n) is 4.07. The highest BCUT2D eigenvalue weighted by molar-refractivity contribution is 9.10. The number of carbonyl (C=O) groups excluding carboxylic acids is 1. The number of aromatic nitrogens is 3. The topological polar surface area (TPSA) is 81.5 Å². The molecule has 0 spiro atoms. The fourth-order valence-corrected chi connectivity index (χ4v) is 3.17. The maximum atomic E-state index is 12.1. The monoisotopic (exact) mass is 414 g/mol. The second-order valence-electron chi connectivity index (χ2n) is 5.86. The average Bonchev–Trinajstić information content (AvgIpc) is 3.17. The van der Waals surface area contributed by atoms with Gasteiger partial charge in [-0.05, 0) is 40.2 Å². The minimum Gasteiger partial charge on any atom is -0.408 e. The Bertz CT molecular complexity index is 1160. The smallest absolute Gasteiger partial charge is 0.408 e. The molecule has 1 aromatic carbocycles. The van der Waals surface area contributed by atoms with Crippen LogP contribution in [-0.2, 0) is 17.9 Å². The Morgan fingerprint density at radius 1 is 1.19 bits per heavy atom. The Balaban J connectivity index is 1.39. The Morgan fingerprint density at radius 3 is 2.92 bits per heavy atom. The van der Waals surface area contributed by atoms with Gasteiger partial charge in [0.25, 0.3) is 0 Å². The van der Waals surface area contributed by atoms with E-state index in [1.165, 1.54) is 4.57 Å². The minimum atomic E-state index is -0.454. The third kappa shape index (κ3) is 3.28. The zero-order valence-electron chi connectivity index (χ0n) is 13.7. The van der Waals surface area contributed by atoms with Crippen LogP contribution in [0.4, 0.5) is 0 Å². The molecule has 3 aromatic heterocycles. The van der Waals surface area contributed by atoms with Gasteiger partial charge in [0.1, 0.15) is 5.65 Å². The lowest BCUT2D eigenvalue weighted by Gasteiger charge is -2.04. The van der Waals surface area contributed by atoms with E-state index >= 15 is 0 Å². The number of aryl methyl sites for hydroxylation is 1. The van der Waals surface area contributed by atoms with E-state index in [1.807, 2.05) is 35.0 Å². The molecule has 0 aliphatic rings. The molecule has 132 valence electrons. The van der Waals surface area contributed by atoms with Crippen molar-refractivity contribution in [2.45, 2.75) is 19.5 Å². The summed E-state index contributed by atoms with van der Waals surface area (Å²) in [5.41, 5.74) is 2.79. The molecule has 0 unspecified atom stereocenters. The van der Waals surface area contributed by atoms with Gasteiger partial charge in [-0.2, -0.15) is 0 Å². The Morgan fingerprint density at radius 2 is 2.04 bits per heavy atom. The van der Waals surface area contributed by atoms with E-state index in [4.69, 9.17) is 4.42 Å². The molecule has 1 amide bonds. The van der Waals surface area contributed by atoms with Gasteiger partial charge in [-0.25, -0.2) is 9.78 Å². The lowest BCUT2D eigenvalue weighted by atomic mass is 10.3. The van der Waals surface area contributed by atoms with Gasteiger partial charge in [-0.3, -0.25) is 9.36 Å². The number of fused-ring (bicyclic) bond motifs is 2. The SMILES string of the molecule is O=C(CCn1c(=O)oc2ccccc21)NCc1cn2cc(Br)ccc2n1. The molecule has 26 heavy (non-hydrogen) atoms. The Kier molecular flexibility index (Phi) is 4.34. The van der Waals surface area contributed by atoms with Gasteiger partial charge in [0, 0.05) is 29.8 Å². The minimum absolute atomic E-state index is 0.152. The first-order valence-electron chi connectivity index (χ1n) is 8.08. The van der Waals surface area contributed by atoms with Crippen molar-refractivity contribution in [1.29, 1.82) is 0 Å². The molecule has 8 heteroatoms. The van der Waals surface area contributed by atoms with Crippen LogP contribution in [0.2, 0.25) is 0 Å². The molecule has 0 aliphatic heterocycles. The number of halogens is 1. The van der Waals surface area contributed by atoms with Crippen LogP contribution in [0.25, 0.3) is 16.7 Å². The van der Waals surface area contributed by atoms with Gasteiger partial charge >= 0.3 is 5.76 Å². The van der Waals surface area contributed by atoms with Crippen molar-refractivity contribution in [2.24, 2.45) is 0 Å². The summed E-state index contributed by atoms with van der Waals surface area (Å²) in [5.74, 6) is -0.606. The second kappa shape index (κ2) is 6.80. The number of nitrogens with zero attached hydrogens (tertiary/aromatic N) is 3. The first-order valence-corrected chi connectivity index (χ1v) is 8.88. The Hall–Kier alpha value is -2.87. The van der Waals surface area contributed by atoms with Gasteiger partial charge in [-0.15, -0.1) is 0 Å². The summed E-state index contributed by atoms with van der Waals surface area (Å²) >= 11 is 3.41. The van der Waals surface area contributed by atoms with Crippen LogP contribution >= 0.6 is 15.9 Å². The zero-order chi connectivity index (χ0) is 18.1. The normalized spacial score (nSPS) is 11.3. The molecule has 0 atom stereocenters. The van der Waals surface area contributed by atoms with Crippen molar-refractivity contribution >= 4 is 38.6 Å². The van der Waals surface area contributed by atoms with Gasteiger partial charge < -0.3 is 14.1 Å². The average molecular weight is 415 g/mol. The predicted molar refractivity (Wildman–Crippen MR) is 99.8 cm³/mol. The molecular formula is C18H15BrN4O3. The van der Waals surface area contributed by atoms with Crippen LogP contribution < -0.4 is 11.1 Å². The summed E-state index contributed by atoms with van der Waals surface area (Å²) in [6.07, 6.45) is 3.96. The van der Waals surface area contributed by atoms with Crippen molar-refractivity contribution in [3.8, 4) is 0 Å². The molecule has 0 fully saturated rings. The number of amides is 1. The van der Waals surface area contributed by atoms with Gasteiger partial charge in [0.05, 0.1) is 17.8 Å². The van der Waals surface area contributed by atoms with E-state index in [0.717, 1.165) is 15.8 Å². The quantitative estimate of drug-likeness (QED) is 0.544. The molecule has 1 N–H and O–H groups in total. The molecule has 7 nitrogen and oxygen atoms in total. The molecule has 0 saturated carbocycles. The summed E-state index contributed by atoms with van der Waals surface area (Å²) in [6.45, 7) is 0.596. The molecule has 4 rings (SSSR count). The maximum Gasteiger partial charge on any atom is 0.419 e. The van der Waals surface area contributed by atoms with Crippen molar-refractivity contribution < 1.29 is 9.21 Å². The predicted octanol–water partition coefficient (Wildman–Crippen LogP) is 2.71. The molecule has 0 aliphatic carbocycles. The Labute approximate surface area is 156 Å². The number of nitrogens with one attached hydrogen (secondary N) is 1. The zero-order valence-corrected chi connectivity index (χ0v) is 15.3. The highest BCUT2D eigenvalue weighted by Gasteiger charge is 2.11. The van der Waals surface area contributed by atoms with E-state index in [1.54, 1.807) is 18.2 Å². The standard InChI is InChI=1S/C18H15BrN4O3/c19-12-5-6-16-21-13(11-22(16)10-12)9-20-17(24)7-8-23-14-3-1-2-4-15(14)26-18(23)25/h1-6,10-11H,7-9H2,(H,20,24). The van der Waals surface area contributed by atoms with Gasteiger partial charge in [0.15, 0.2) is 5.58 Å². The molecule has 0 bridgehead atoms. The van der Waals surface area contributed by atoms with Crippen molar-refractivity contribution in [3.63, 3.8) is 0 Å². The molecule has 3 heterocycles. The van der Waals surface area contributed by atoms with E-state index in [2.05, 4.69) is 26.2 Å². The number of benzene rings is 1. The number of para-hydroxylation sites is 2. The van der Waals surface area contributed by atoms with Gasteiger partial charge in [-0.1, -0.05) is 12.1 Å². The number of carbonyl (C=O) groups is 1. The first-order chi connectivity index (χ1) is 12.6.